The van der Waals surface area contributed by atoms with Gasteiger partial charge >= 0.3 is 5.69 Å². The van der Waals surface area contributed by atoms with Crippen molar-refractivity contribution in [2.24, 2.45) is 0 Å². The highest BCUT2D eigenvalue weighted by Gasteiger charge is 2.21. The molecule has 3 aromatic heterocycles. The lowest BCUT2D eigenvalue weighted by Gasteiger charge is -2.11. The molecule has 0 aliphatic rings. The summed E-state index contributed by atoms with van der Waals surface area (Å²) in [6.45, 7) is 5.86. The van der Waals surface area contributed by atoms with E-state index in [1.807, 2.05) is 6.92 Å². The number of nitro benzene ring substituents is 1. The summed E-state index contributed by atoms with van der Waals surface area (Å²) in [6, 6.07) is 6.26. The second-order valence-electron chi connectivity index (χ2n) is 5.93. The Bertz CT molecular complexity index is 1150. The van der Waals surface area contributed by atoms with E-state index in [2.05, 4.69) is 22.0 Å². The minimum atomic E-state index is -0.550. The molecule has 9 heteroatoms. The highest BCUT2D eigenvalue weighted by Crippen LogP contribution is 2.32. The van der Waals surface area contributed by atoms with Crippen LogP contribution in [-0.4, -0.2) is 24.5 Å². The Morgan fingerprint density at radius 1 is 1.31 bits per heavy atom. The van der Waals surface area contributed by atoms with E-state index >= 15 is 0 Å². The number of benzene rings is 1. The molecule has 0 unspecified atom stereocenters. The number of thiophene rings is 1. The average molecular weight is 369 g/mol. The van der Waals surface area contributed by atoms with Gasteiger partial charge in [-0.25, -0.2) is 14.5 Å². The molecule has 3 heterocycles. The Balaban J connectivity index is 1.75. The Kier molecular flexibility index (Phi) is 3.80. The van der Waals surface area contributed by atoms with Gasteiger partial charge in [-0.3, -0.25) is 10.1 Å². The Labute approximate surface area is 152 Å². The summed E-state index contributed by atoms with van der Waals surface area (Å²) in [7, 11) is 0. The van der Waals surface area contributed by atoms with E-state index in [9.17, 15) is 10.1 Å². The third-order valence-corrected chi connectivity index (χ3v) is 5.37. The summed E-state index contributed by atoms with van der Waals surface area (Å²) in [5.74, 6) is 0.635. The van der Waals surface area contributed by atoms with Gasteiger partial charge in [0.1, 0.15) is 11.2 Å². The number of aryl methyl sites for hydroxylation is 2. The first-order valence-corrected chi connectivity index (χ1v) is 8.78. The molecule has 132 valence electrons. The van der Waals surface area contributed by atoms with Gasteiger partial charge in [-0.1, -0.05) is 12.1 Å². The molecular formula is C17H15N5O3S. The fourth-order valence-corrected chi connectivity index (χ4v) is 3.78. The summed E-state index contributed by atoms with van der Waals surface area (Å²) in [6.07, 6.45) is 1.08. The number of nitrogens with zero attached hydrogens (tertiary/aromatic N) is 5. The van der Waals surface area contributed by atoms with Crippen LogP contribution in [0.5, 0.6) is 5.75 Å². The van der Waals surface area contributed by atoms with E-state index in [4.69, 9.17) is 4.74 Å². The van der Waals surface area contributed by atoms with Crippen molar-refractivity contribution in [3.8, 4) is 5.75 Å². The quantitative estimate of drug-likeness (QED) is 0.398. The normalized spacial score (nSPS) is 12.6. The fraction of sp³-hybridized carbons (Fsp3) is 0.235. The van der Waals surface area contributed by atoms with Gasteiger partial charge in [0.2, 0.25) is 0 Å². The van der Waals surface area contributed by atoms with Crippen LogP contribution in [0.25, 0.3) is 15.9 Å². The molecule has 0 saturated carbocycles. The zero-order valence-electron chi connectivity index (χ0n) is 14.3. The topological polar surface area (TPSA) is 95.5 Å². The second kappa shape index (κ2) is 6.03. The first-order chi connectivity index (χ1) is 12.5. The molecule has 0 radical (unpaired) electrons. The SMILES string of the molecule is Cc1sc2ncn3nc([C@H](C)Oc4ccccc4[N+](=O)[O-])nc3c2c1C. The molecule has 0 aliphatic heterocycles. The Hall–Kier alpha value is -3.07. The van der Waals surface area contributed by atoms with Crippen LogP contribution < -0.4 is 4.74 Å². The number of aromatic nitrogens is 4. The maximum Gasteiger partial charge on any atom is 0.310 e. The fourth-order valence-electron chi connectivity index (χ4n) is 2.78. The van der Waals surface area contributed by atoms with Crippen molar-refractivity contribution in [2.75, 3.05) is 0 Å². The molecule has 1 atom stereocenters. The third-order valence-electron chi connectivity index (χ3n) is 4.25. The van der Waals surface area contributed by atoms with Gasteiger partial charge in [0.15, 0.2) is 23.3 Å². The first kappa shape index (κ1) is 16.4. The summed E-state index contributed by atoms with van der Waals surface area (Å²) in [5, 5.41) is 16.6. The van der Waals surface area contributed by atoms with Crippen LogP contribution in [0, 0.1) is 24.0 Å². The summed E-state index contributed by atoms with van der Waals surface area (Å²) >= 11 is 1.62. The lowest BCUT2D eigenvalue weighted by molar-refractivity contribution is -0.386. The lowest BCUT2D eigenvalue weighted by atomic mass is 10.2. The molecule has 0 N–H and O–H groups in total. The van der Waals surface area contributed by atoms with Crippen LogP contribution in [0.2, 0.25) is 0 Å². The van der Waals surface area contributed by atoms with Crippen molar-refractivity contribution in [3.63, 3.8) is 0 Å². The maximum atomic E-state index is 11.1. The smallest absolute Gasteiger partial charge is 0.310 e. The number of nitro groups is 1. The minimum absolute atomic E-state index is 0.0866. The first-order valence-electron chi connectivity index (χ1n) is 7.96. The number of fused-ring (bicyclic) bond motifs is 3. The zero-order valence-corrected chi connectivity index (χ0v) is 15.1. The van der Waals surface area contributed by atoms with Gasteiger partial charge in [-0.05, 0) is 32.4 Å². The van der Waals surface area contributed by atoms with Gasteiger partial charge in [0.05, 0.1) is 10.3 Å². The molecular weight excluding hydrogens is 354 g/mol. The van der Waals surface area contributed by atoms with Crippen LogP contribution >= 0.6 is 11.3 Å². The van der Waals surface area contributed by atoms with E-state index < -0.39 is 11.0 Å². The molecule has 1 aromatic carbocycles. The van der Waals surface area contributed by atoms with Crippen LogP contribution in [-0.2, 0) is 0 Å². The Morgan fingerprint density at radius 2 is 2.08 bits per heavy atom. The standard InChI is InChI=1S/C17H15N5O3S/c1-9-11(3)26-17-14(9)16-19-15(20-21(16)8-18-17)10(2)25-13-7-5-4-6-12(13)22(23)24/h4-8,10H,1-3H3/t10-/m0/s1. The van der Waals surface area contributed by atoms with E-state index in [0.29, 0.717) is 11.5 Å². The highest BCUT2D eigenvalue weighted by atomic mass is 32.1. The molecule has 4 rings (SSSR count). The van der Waals surface area contributed by atoms with E-state index in [1.54, 1.807) is 47.3 Å². The summed E-state index contributed by atoms with van der Waals surface area (Å²) in [4.78, 5) is 21.8. The van der Waals surface area contributed by atoms with Crippen molar-refractivity contribution >= 4 is 32.9 Å². The van der Waals surface area contributed by atoms with Crippen LogP contribution in [0.15, 0.2) is 30.6 Å². The van der Waals surface area contributed by atoms with E-state index in [0.717, 1.165) is 15.8 Å². The third kappa shape index (κ3) is 2.57. The van der Waals surface area contributed by atoms with Crippen molar-refractivity contribution in [1.82, 2.24) is 19.6 Å². The summed E-state index contributed by atoms with van der Waals surface area (Å²) in [5.41, 5.74) is 1.76. The van der Waals surface area contributed by atoms with Gasteiger partial charge in [-0.15, -0.1) is 16.4 Å². The van der Waals surface area contributed by atoms with E-state index in [-0.39, 0.29) is 11.4 Å². The maximum absolute atomic E-state index is 11.1. The number of ether oxygens (including phenoxy) is 1. The van der Waals surface area contributed by atoms with Gasteiger partial charge in [-0.2, -0.15) is 0 Å². The van der Waals surface area contributed by atoms with Crippen molar-refractivity contribution < 1.29 is 9.66 Å². The number of hydrogen-bond donors (Lipinski definition) is 0. The Morgan fingerprint density at radius 3 is 2.85 bits per heavy atom. The highest BCUT2D eigenvalue weighted by molar-refractivity contribution is 7.18. The van der Waals surface area contributed by atoms with E-state index in [1.165, 1.54) is 10.9 Å². The van der Waals surface area contributed by atoms with Gasteiger partial charge < -0.3 is 4.74 Å². The molecule has 0 bridgehead atoms. The van der Waals surface area contributed by atoms with Crippen LogP contribution in [0.1, 0.15) is 29.3 Å². The molecule has 0 spiro atoms. The largest absolute Gasteiger partial charge is 0.476 e. The van der Waals surface area contributed by atoms with Gasteiger partial charge in [0.25, 0.3) is 0 Å². The molecule has 0 aliphatic carbocycles. The van der Waals surface area contributed by atoms with Crippen molar-refractivity contribution in [1.29, 1.82) is 0 Å². The zero-order chi connectivity index (χ0) is 18.4. The molecule has 0 saturated heterocycles. The van der Waals surface area contributed by atoms with Crippen molar-refractivity contribution in [2.45, 2.75) is 26.9 Å². The van der Waals surface area contributed by atoms with Gasteiger partial charge in [0, 0.05) is 10.9 Å². The second-order valence-corrected chi connectivity index (χ2v) is 7.13. The minimum Gasteiger partial charge on any atom is -0.476 e. The molecule has 0 amide bonds. The predicted molar refractivity (Wildman–Crippen MR) is 97.8 cm³/mol. The predicted octanol–water partition coefficient (Wildman–Crippen LogP) is 4.00. The number of hydrogen-bond acceptors (Lipinski definition) is 7. The monoisotopic (exact) mass is 369 g/mol. The molecule has 26 heavy (non-hydrogen) atoms. The number of para-hydroxylation sites is 2. The molecule has 0 fully saturated rings. The number of rotatable bonds is 4. The molecule has 4 aromatic rings. The van der Waals surface area contributed by atoms with Crippen LogP contribution in [0.3, 0.4) is 0 Å². The molecule has 8 nitrogen and oxygen atoms in total. The summed E-state index contributed by atoms with van der Waals surface area (Å²) < 4.78 is 7.39. The van der Waals surface area contributed by atoms with Crippen LogP contribution in [0.4, 0.5) is 5.69 Å². The van der Waals surface area contributed by atoms with Crippen molar-refractivity contribution in [3.05, 3.63) is 57.0 Å². The average Bonchev–Trinajstić information content (AvgIpc) is 3.16. The lowest BCUT2D eigenvalue weighted by Crippen LogP contribution is -2.07.